The van der Waals surface area contributed by atoms with Crippen molar-refractivity contribution in [3.63, 3.8) is 0 Å². The van der Waals surface area contributed by atoms with Gasteiger partial charge in [-0.1, -0.05) is 170 Å². The average Bonchev–Trinajstić information content (AvgIpc) is 4.02. The van der Waals surface area contributed by atoms with Crippen molar-refractivity contribution >= 4 is 43.7 Å². The lowest BCUT2D eigenvalue weighted by Crippen LogP contribution is -2.01. The molecule has 306 valence electrons. The van der Waals surface area contributed by atoms with Crippen molar-refractivity contribution in [1.29, 1.82) is 0 Å². The lowest BCUT2D eigenvalue weighted by molar-refractivity contribution is 0.669. The Bertz CT molecular complexity index is 3720. The third-order valence-corrected chi connectivity index (χ3v) is 13.3. The van der Waals surface area contributed by atoms with Gasteiger partial charge < -0.3 is 8.98 Å². The fraction of sp³-hybridized carbons (Fsp3) is 0.0500. The van der Waals surface area contributed by atoms with Crippen LogP contribution in [-0.2, 0) is 6.42 Å². The Kier molecular flexibility index (Phi) is 8.66. The van der Waals surface area contributed by atoms with Crippen LogP contribution in [0.25, 0.3) is 106 Å². The second kappa shape index (κ2) is 15.1. The summed E-state index contributed by atoms with van der Waals surface area (Å²) < 4.78 is 8.89. The third kappa shape index (κ3) is 6.35. The van der Waals surface area contributed by atoms with Crippen molar-refractivity contribution in [2.45, 2.75) is 18.8 Å². The number of aryl methyl sites for hydroxylation is 1. The van der Waals surface area contributed by atoms with Crippen LogP contribution in [0.15, 0.2) is 217 Å². The van der Waals surface area contributed by atoms with Crippen LogP contribution in [-0.4, -0.2) is 19.5 Å². The van der Waals surface area contributed by atoms with Crippen LogP contribution in [0, 0.1) is 0 Å². The smallest absolute Gasteiger partial charge is 0.164 e. The van der Waals surface area contributed by atoms with Gasteiger partial charge in [0.25, 0.3) is 0 Å². The molecule has 3 aromatic heterocycles. The Hall–Kier alpha value is -8.41. The number of fused-ring (bicyclic) bond motifs is 9. The second-order valence-electron chi connectivity index (χ2n) is 17.1. The predicted molar refractivity (Wildman–Crippen MR) is 265 cm³/mol. The minimum Gasteiger partial charge on any atom is -0.456 e. The Labute approximate surface area is 376 Å². The first kappa shape index (κ1) is 37.2. The van der Waals surface area contributed by atoms with E-state index in [0.717, 1.165) is 73.6 Å². The van der Waals surface area contributed by atoms with Crippen LogP contribution < -0.4 is 0 Å². The van der Waals surface area contributed by atoms with Crippen LogP contribution in [0.3, 0.4) is 0 Å². The van der Waals surface area contributed by atoms with Crippen molar-refractivity contribution < 1.29 is 4.42 Å². The van der Waals surface area contributed by atoms with Crippen molar-refractivity contribution in [3.8, 4) is 62.1 Å². The summed E-state index contributed by atoms with van der Waals surface area (Å²) in [4.78, 5) is 15.2. The summed E-state index contributed by atoms with van der Waals surface area (Å²) in [6.07, 6.45) is 1.93. The molecule has 1 atom stereocenters. The number of nitrogens with zero attached hydrogens (tertiary/aromatic N) is 4. The molecule has 12 aromatic rings. The van der Waals surface area contributed by atoms with Gasteiger partial charge in [-0.15, -0.1) is 0 Å². The van der Waals surface area contributed by atoms with E-state index in [2.05, 4.69) is 144 Å². The fourth-order valence-corrected chi connectivity index (χ4v) is 10.2. The Balaban J connectivity index is 0.941. The molecule has 0 fully saturated rings. The normalized spacial score (nSPS) is 13.2. The quantitative estimate of drug-likeness (QED) is 0.153. The zero-order valence-electron chi connectivity index (χ0n) is 35.4. The maximum absolute atomic E-state index is 6.47. The van der Waals surface area contributed by atoms with Crippen LogP contribution in [0.4, 0.5) is 0 Å². The van der Waals surface area contributed by atoms with E-state index in [1.165, 1.54) is 44.3 Å². The van der Waals surface area contributed by atoms with E-state index < -0.39 is 0 Å². The maximum Gasteiger partial charge on any atom is 0.164 e. The van der Waals surface area contributed by atoms with E-state index in [-0.39, 0.29) is 0 Å². The van der Waals surface area contributed by atoms with Gasteiger partial charge >= 0.3 is 0 Å². The first-order valence-electron chi connectivity index (χ1n) is 22.3. The molecule has 0 bridgehead atoms. The van der Waals surface area contributed by atoms with E-state index in [9.17, 15) is 0 Å². The van der Waals surface area contributed by atoms with E-state index in [0.29, 0.717) is 23.4 Å². The number of aromatic nitrogens is 4. The Morgan fingerprint density at radius 2 is 1.02 bits per heavy atom. The van der Waals surface area contributed by atoms with Crippen LogP contribution >= 0.6 is 0 Å². The molecule has 0 amide bonds. The first-order valence-corrected chi connectivity index (χ1v) is 22.3. The summed E-state index contributed by atoms with van der Waals surface area (Å²) in [5.41, 5.74) is 17.2. The van der Waals surface area contributed by atoms with E-state index >= 15 is 0 Å². The van der Waals surface area contributed by atoms with E-state index in [1.54, 1.807) is 0 Å². The lowest BCUT2D eigenvalue weighted by Gasteiger charge is -2.15. The monoisotopic (exact) mass is 832 g/mol. The highest BCUT2D eigenvalue weighted by atomic mass is 16.3. The molecule has 0 N–H and O–H groups in total. The van der Waals surface area contributed by atoms with Gasteiger partial charge in [0.2, 0.25) is 0 Å². The number of para-hydroxylation sites is 1. The van der Waals surface area contributed by atoms with Gasteiger partial charge in [0.05, 0.1) is 11.0 Å². The number of hydrogen-bond donors (Lipinski definition) is 0. The summed E-state index contributed by atoms with van der Waals surface area (Å²) in [6.45, 7) is 0. The van der Waals surface area contributed by atoms with Crippen LogP contribution in [0.2, 0.25) is 0 Å². The van der Waals surface area contributed by atoms with Gasteiger partial charge in [-0.25, -0.2) is 15.0 Å². The predicted octanol–water partition coefficient (Wildman–Crippen LogP) is 15.3. The molecule has 0 radical (unpaired) electrons. The topological polar surface area (TPSA) is 56.7 Å². The van der Waals surface area contributed by atoms with Crippen molar-refractivity contribution in [2.75, 3.05) is 0 Å². The molecule has 13 rings (SSSR count). The van der Waals surface area contributed by atoms with Gasteiger partial charge in [-0.05, 0) is 94.3 Å². The molecule has 65 heavy (non-hydrogen) atoms. The number of hydrogen-bond acceptors (Lipinski definition) is 4. The highest BCUT2D eigenvalue weighted by Crippen LogP contribution is 2.48. The lowest BCUT2D eigenvalue weighted by atomic mass is 9.89. The summed E-state index contributed by atoms with van der Waals surface area (Å²) in [7, 11) is 0. The molecule has 0 spiro atoms. The van der Waals surface area contributed by atoms with Gasteiger partial charge in [-0.2, -0.15) is 0 Å². The number of benzene rings is 9. The molecule has 5 nitrogen and oxygen atoms in total. The van der Waals surface area contributed by atoms with E-state index in [1.807, 2.05) is 72.8 Å². The van der Waals surface area contributed by atoms with Crippen molar-refractivity contribution in [1.82, 2.24) is 19.5 Å². The van der Waals surface area contributed by atoms with Crippen LogP contribution in [0.5, 0.6) is 0 Å². The standard InChI is InChI=1S/C60H40N4O/c1-4-15-39(16-5-1)42-29-32-48-47(45-23-10-11-24-46(45)51(48)35-42)30-27-38-28-31-49-52-37-57-53(50-25-12-13-26-56(50)65-57)36-55(52)64(54(49)33-38)44-22-14-21-43(34-44)60-62-58(40-17-6-2-7-18-40)61-59(63-60)41-19-8-3-9-20-41/h1-26,28-29,31-37,47H,27,30H2. The SMILES string of the molecule is c1ccc(-c2ccc3c(c2)-c2ccccc2C3CCc2ccc3c4cc5oc6ccccc6c5cc4n(-c4cccc(-c5nc(-c6ccccc6)nc(-c6ccccc6)n5)c4)c3c2)cc1. The Morgan fingerprint density at radius 1 is 0.385 bits per heavy atom. The maximum atomic E-state index is 6.47. The minimum atomic E-state index is 0.311. The molecule has 9 aromatic carbocycles. The summed E-state index contributed by atoms with van der Waals surface area (Å²) in [6, 6.07) is 75.6. The molecule has 3 heterocycles. The van der Waals surface area contributed by atoms with E-state index in [4.69, 9.17) is 19.4 Å². The second-order valence-corrected chi connectivity index (χ2v) is 17.1. The highest BCUT2D eigenvalue weighted by Gasteiger charge is 2.29. The van der Waals surface area contributed by atoms with Crippen LogP contribution in [0.1, 0.15) is 29.0 Å². The van der Waals surface area contributed by atoms with Crippen molar-refractivity contribution in [3.05, 3.63) is 229 Å². The number of furan rings is 1. The van der Waals surface area contributed by atoms with Gasteiger partial charge in [0.15, 0.2) is 17.5 Å². The van der Waals surface area contributed by atoms with Gasteiger partial charge in [-0.3, -0.25) is 0 Å². The van der Waals surface area contributed by atoms with Gasteiger partial charge in [0.1, 0.15) is 11.2 Å². The molecule has 0 aliphatic heterocycles. The summed E-state index contributed by atoms with van der Waals surface area (Å²) in [5.74, 6) is 2.21. The summed E-state index contributed by atoms with van der Waals surface area (Å²) >= 11 is 0. The zero-order valence-corrected chi connectivity index (χ0v) is 35.4. The first-order chi connectivity index (χ1) is 32.2. The van der Waals surface area contributed by atoms with Crippen molar-refractivity contribution in [2.24, 2.45) is 0 Å². The number of rotatable bonds is 8. The molecule has 1 aliphatic carbocycles. The average molecular weight is 833 g/mol. The summed E-state index contributed by atoms with van der Waals surface area (Å²) in [5, 5.41) is 4.53. The molecule has 0 saturated carbocycles. The van der Waals surface area contributed by atoms with Gasteiger partial charge in [0, 0.05) is 49.8 Å². The fourth-order valence-electron chi connectivity index (χ4n) is 10.2. The molecule has 1 unspecified atom stereocenters. The molecule has 1 aliphatic rings. The Morgan fingerprint density at radius 3 is 1.78 bits per heavy atom. The minimum absolute atomic E-state index is 0.311. The molecule has 5 heteroatoms. The molecule has 0 saturated heterocycles. The largest absolute Gasteiger partial charge is 0.456 e. The molecular weight excluding hydrogens is 793 g/mol. The molecular formula is C60H40N4O. The third-order valence-electron chi connectivity index (χ3n) is 13.3. The highest BCUT2D eigenvalue weighted by molar-refractivity contribution is 6.17. The zero-order chi connectivity index (χ0) is 42.8.